The van der Waals surface area contributed by atoms with Crippen LogP contribution in [0, 0.1) is 0 Å². The molecule has 6 nitrogen and oxygen atoms in total. The Bertz CT molecular complexity index is 1520. The first-order valence-corrected chi connectivity index (χ1v) is 12.8. The number of hydrogen-bond acceptors (Lipinski definition) is 4. The van der Waals surface area contributed by atoms with Gasteiger partial charge in [0.1, 0.15) is 5.75 Å². The molecule has 0 fully saturated rings. The highest BCUT2D eigenvalue weighted by molar-refractivity contribution is 9.11. The molecular weight excluding hydrogens is 619 g/mol. The SMILES string of the molecule is O=C(O)Cc1cc(Br)c(Oc2ccc3[nH]cc(S(=O)(=O)c4ccc(C(F)(F)F)cc4)c3c2)c(Br)c1. The molecule has 0 radical (unpaired) electrons. The Balaban J connectivity index is 1.70. The van der Waals surface area contributed by atoms with Crippen molar-refractivity contribution in [2.45, 2.75) is 22.4 Å². The highest BCUT2D eigenvalue weighted by Crippen LogP contribution is 2.40. The first-order chi connectivity index (χ1) is 16.4. The van der Waals surface area contributed by atoms with Gasteiger partial charge in [0.05, 0.1) is 30.7 Å². The standard InChI is InChI=1S/C23H14Br2F3NO5S/c24-17-7-12(9-21(30)31)8-18(25)22(17)34-14-3-6-19-16(10-14)20(11-29-19)35(32,33)15-4-1-13(2-5-15)23(26,27)28/h1-8,10-11,29H,9H2,(H,30,31). The quantitative estimate of drug-likeness (QED) is 0.239. The maximum atomic E-state index is 13.2. The van der Waals surface area contributed by atoms with E-state index in [4.69, 9.17) is 9.84 Å². The molecule has 12 heteroatoms. The van der Waals surface area contributed by atoms with E-state index in [1.54, 1.807) is 24.3 Å². The van der Waals surface area contributed by atoms with Crippen molar-refractivity contribution >= 4 is 58.6 Å². The van der Waals surface area contributed by atoms with E-state index >= 15 is 0 Å². The predicted molar refractivity (Wildman–Crippen MR) is 128 cm³/mol. The number of aromatic nitrogens is 1. The van der Waals surface area contributed by atoms with Crippen LogP contribution in [-0.2, 0) is 27.2 Å². The zero-order valence-corrected chi connectivity index (χ0v) is 21.3. The average molecular weight is 633 g/mol. The van der Waals surface area contributed by atoms with Crippen molar-refractivity contribution in [2.75, 3.05) is 0 Å². The molecular formula is C23H14Br2F3NO5S. The van der Waals surface area contributed by atoms with Crippen LogP contribution in [0.4, 0.5) is 13.2 Å². The van der Waals surface area contributed by atoms with Gasteiger partial charge in [0.2, 0.25) is 9.84 Å². The number of benzene rings is 3. The van der Waals surface area contributed by atoms with Gasteiger partial charge in [-0.3, -0.25) is 4.79 Å². The third-order valence-corrected chi connectivity index (χ3v) is 8.02. The number of carbonyl (C=O) groups is 1. The molecule has 0 aliphatic rings. The fourth-order valence-electron chi connectivity index (χ4n) is 3.41. The number of carboxylic acids is 1. The molecule has 0 saturated carbocycles. The zero-order valence-electron chi connectivity index (χ0n) is 17.4. The van der Waals surface area contributed by atoms with Gasteiger partial charge in [-0.15, -0.1) is 0 Å². The Morgan fingerprint density at radius 1 is 1.00 bits per heavy atom. The molecule has 35 heavy (non-hydrogen) atoms. The molecule has 4 rings (SSSR count). The topological polar surface area (TPSA) is 96.5 Å². The summed E-state index contributed by atoms with van der Waals surface area (Å²) < 4.78 is 71.8. The van der Waals surface area contributed by atoms with Gasteiger partial charge >= 0.3 is 12.1 Å². The number of H-pyrrole nitrogens is 1. The minimum absolute atomic E-state index is 0.118. The molecule has 0 aliphatic heterocycles. The van der Waals surface area contributed by atoms with Gasteiger partial charge < -0.3 is 14.8 Å². The molecule has 2 N–H and O–H groups in total. The van der Waals surface area contributed by atoms with E-state index in [0.717, 1.165) is 24.3 Å². The van der Waals surface area contributed by atoms with E-state index in [2.05, 4.69) is 36.8 Å². The predicted octanol–water partition coefficient (Wildman–Crippen LogP) is 6.96. The van der Waals surface area contributed by atoms with Crippen LogP contribution in [0.2, 0.25) is 0 Å². The fourth-order valence-corrected chi connectivity index (χ4v) is 6.28. The molecule has 4 aromatic rings. The van der Waals surface area contributed by atoms with Crippen LogP contribution in [0.1, 0.15) is 11.1 Å². The average Bonchev–Trinajstić information content (AvgIpc) is 3.19. The molecule has 0 saturated heterocycles. The second-order valence-electron chi connectivity index (χ2n) is 7.45. The lowest BCUT2D eigenvalue weighted by Crippen LogP contribution is -2.06. The maximum absolute atomic E-state index is 13.2. The number of hydrogen-bond donors (Lipinski definition) is 2. The number of aromatic amines is 1. The summed E-state index contributed by atoms with van der Waals surface area (Å²) in [5.74, 6) is -0.355. The van der Waals surface area contributed by atoms with E-state index in [0.29, 0.717) is 25.8 Å². The molecule has 0 aliphatic carbocycles. The van der Waals surface area contributed by atoms with Gasteiger partial charge in [0, 0.05) is 17.1 Å². The van der Waals surface area contributed by atoms with Crippen molar-refractivity contribution in [3.8, 4) is 11.5 Å². The number of nitrogens with one attached hydrogen (secondary N) is 1. The smallest absolute Gasteiger partial charge is 0.416 e. The number of carboxylic acid groups (broad SMARTS) is 1. The Morgan fingerprint density at radius 2 is 1.63 bits per heavy atom. The van der Waals surface area contributed by atoms with Crippen LogP contribution >= 0.6 is 31.9 Å². The van der Waals surface area contributed by atoms with Gasteiger partial charge in [-0.05, 0) is 92.0 Å². The van der Waals surface area contributed by atoms with Crippen molar-refractivity contribution in [1.82, 2.24) is 4.98 Å². The third kappa shape index (κ3) is 5.24. The fraction of sp³-hybridized carbons (Fsp3) is 0.0870. The first kappa shape index (κ1) is 25.3. The molecule has 1 heterocycles. The second-order valence-corrected chi connectivity index (χ2v) is 11.1. The van der Waals surface area contributed by atoms with Gasteiger partial charge in [0.25, 0.3) is 0 Å². The normalized spacial score (nSPS) is 12.1. The van der Waals surface area contributed by atoms with Gasteiger partial charge in [-0.1, -0.05) is 0 Å². The molecule has 0 bridgehead atoms. The minimum atomic E-state index is -4.58. The van der Waals surface area contributed by atoms with Crippen molar-refractivity contribution in [3.05, 3.63) is 80.9 Å². The molecule has 0 unspecified atom stereocenters. The van der Waals surface area contributed by atoms with E-state index in [9.17, 15) is 26.4 Å². The summed E-state index contributed by atoms with van der Waals surface area (Å²) in [4.78, 5) is 13.4. The van der Waals surface area contributed by atoms with E-state index in [1.807, 2.05) is 0 Å². The van der Waals surface area contributed by atoms with Crippen LogP contribution in [0.15, 0.2) is 79.5 Å². The summed E-state index contributed by atoms with van der Waals surface area (Å²) in [6.07, 6.45) is -3.49. The van der Waals surface area contributed by atoms with Crippen molar-refractivity contribution in [1.29, 1.82) is 0 Å². The summed E-state index contributed by atoms with van der Waals surface area (Å²) in [6, 6.07) is 11.2. The van der Waals surface area contributed by atoms with Crippen LogP contribution in [0.5, 0.6) is 11.5 Å². The van der Waals surface area contributed by atoms with Gasteiger partial charge in [-0.2, -0.15) is 13.2 Å². The number of sulfone groups is 1. The number of halogens is 5. The number of fused-ring (bicyclic) bond motifs is 1. The van der Waals surface area contributed by atoms with Crippen molar-refractivity contribution < 1.29 is 36.2 Å². The molecule has 182 valence electrons. The van der Waals surface area contributed by atoms with Gasteiger partial charge in [0.15, 0.2) is 5.75 Å². The minimum Gasteiger partial charge on any atom is -0.481 e. The van der Waals surface area contributed by atoms with E-state index in [1.165, 1.54) is 12.3 Å². The van der Waals surface area contributed by atoms with Crippen molar-refractivity contribution in [3.63, 3.8) is 0 Å². The maximum Gasteiger partial charge on any atom is 0.416 e. The lowest BCUT2D eigenvalue weighted by Gasteiger charge is -2.12. The van der Waals surface area contributed by atoms with Crippen LogP contribution in [0.3, 0.4) is 0 Å². The summed E-state index contributed by atoms with van der Waals surface area (Å²) in [5.41, 5.74) is 0.0731. The Kier molecular flexibility index (Phi) is 6.73. The number of alkyl halides is 3. The lowest BCUT2D eigenvalue weighted by molar-refractivity contribution is -0.138. The summed E-state index contributed by atoms with van der Waals surface area (Å²) in [6.45, 7) is 0. The van der Waals surface area contributed by atoms with Crippen LogP contribution in [0.25, 0.3) is 10.9 Å². The van der Waals surface area contributed by atoms with Crippen LogP contribution < -0.4 is 4.74 Å². The van der Waals surface area contributed by atoms with Crippen molar-refractivity contribution in [2.24, 2.45) is 0 Å². The summed E-state index contributed by atoms with van der Waals surface area (Å²) in [5, 5.41) is 9.28. The zero-order chi connectivity index (χ0) is 25.5. The van der Waals surface area contributed by atoms with Gasteiger partial charge in [-0.25, -0.2) is 8.42 Å². The first-order valence-electron chi connectivity index (χ1n) is 9.77. The monoisotopic (exact) mass is 631 g/mol. The van der Waals surface area contributed by atoms with E-state index < -0.39 is 27.5 Å². The molecule has 0 atom stereocenters. The Morgan fingerprint density at radius 3 is 2.20 bits per heavy atom. The summed E-state index contributed by atoms with van der Waals surface area (Å²) >= 11 is 6.71. The molecule has 0 spiro atoms. The molecule has 3 aromatic carbocycles. The summed E-state index contributed by atoms with van der Waals surface area (Å²) in [7, 11) is -4.14. The largest absolute Gasteiger partial charge is 0.481 e. The molecule has 1 aromatic heterocycles. The van der Waals surface area contributed by atoms with Crippen LogP contribution in [-0.4, -0.2) is 24.5 Å². The Hall–Kier alpha value is -2.83. The highest BCUT2D eigenvalue weighted by Gasteiger charge is 2.31. The number of aliphatic carboxylic acids is 1. The third-order valence-electron chi connectivity index (χ3n) is 5.03. The number of rotatable bonds is 6. The highest BCUT2D eigenvalue weighted by atomic mass is 79.9. The second kappa shape index (κ2) is 9.32. The Labute approximate surface area is 213 Å². The lowest BCUT2D eigenvalue weighted by atomic mass is 10.1. The number of ether oxygens (including phenoxy) is 1. The van der Waals surface area contributed by atoms with E-state index in [-0.39, 0.29) is 27.3 Å². The molecule has 0 amide bonds.